The second kappa shape index (κ2) is 17.6. The summed E-state index contributed by atoms with van der Waals surface area (Å²) in [6.45, 7) is 0.118. The predicted octanol–water partition coefficient (Wildman–Crippen LogP) is 5.34. The van der Waals surface area contributed by atoms with Crippen molar-refractivity contribution in [1.29, 1.82) is 0 Å². The van der Waals surface area contributed by atoms with Gasteiger partial charge in [-0.05, 0) is 47.5 Å². The highest BCUT2D eigenvalue weighted by molar-refractivity contribution is 9.10. The largest absolute Gasteiger partial charge is 0.480 e. The third-order valence-corrected chi connectivity index (χ3v) is 8.97. The minimum absolute atomic E-state index is 0.0274. The summed E-state index contributed by atoms with van der Waals surface area (Å²) in [6, 6.07) is 30.0. The maximum Gasteiger partial charge on any atom is 0.325 e. The number of hydrogen-bond acceptors (Lipinski definition) is 7. The normalized spacial score (nSPS) is 10.6. The van der Waals surface area contributed by atoms with E-state index in [4.69, 9.17) is 5.11 Å². The summed E-state index contributed by atoms with van der Waals surface area (Å²) in [7, 11) is 1.23. The Bertz CT molecular complexity index is 2450. The number of esters is 1. The van der Waals surface area contributed by atoms with E-state index < -0.39 is 41.2 Å². The molecule has 3 N–H and O–H groups in total. The molecule has 0 atom stereocenters. The van der Waals surface area contributed by atoms with Crippen LogP contribution in [-0.2, 0) is 27.4 Å². The summed E-state index contributed by atoms with van der Waals surface area (Å²) in [5.41, 5.74) is 2.51. The number of nitrogens with one attached hydrogen (secondary N) is 2. The van der Waals surface area contributed by atoms with Crippen molar-refractivity contribution in [1.82, 2.24) is 19.8 Å². The Morgan fingerprint density at radius 3 is 1.45 bits per heavy atom. The van der Waals surface area contributed by atoms with Crippen molar-refractivity contribution < 1.29 is 29.0 Å². The number of carbonyl (C=O) groups is 4. The summed E-state index contributed by atoms with van der Waals surface area (Å²) >= 11 is 6.71. The van der Waals surface area contributed by atoms with Crippen LogP contribution in [0.25, 0.3) is 21.8 Å². The summed E-state index contributed by atoms with van der Waals surface area (Å²) in [5.74, 6) is -3.09. The van der Waals surface area contributed by atoms with Crippen LogP contribution in [0.2, 0.25) is 0 Å². The van der Waals surface area contributed by atoms with Gasteiger partial charge in [0.1, 0.15) is 24.2 Å². The Kier molecular flexibility index (Phi) is 12.7. The molecule has 0 aliphatic heterocycles. The number of amides is 2. The molecule has 0 saturated carbocycles. The van der Waals surface area contributed by atoms with E-state index in [0.717, 1.165) is 25.6 Å². The minimum Gasteiger partial charge on any atom is -0.480 e. The van der Waals surface area contributed by atoms with Gasteiger partial charge in [0, 0.05) is 45.2 Å². The highest BCUT2D eigenvalue weighted by Gasteiger charge is 2.18. The van der Waals surface area contributed by atoms with E-state index in [1.807, 2.05) is 94.1 Å². The fourth-order valence-electron chi connectivity index (χ4n) is 5.46. The van der Waals surface area contributed by atoms with Gasteiger partial charge in [0.05, 0.1) is 18.1 Å². The van der Waals surface area contributed by atoms with Crippen LogP contribution in [0.5, 0.6) is 0 Å². The third-order valence-electron chi connectivity index (χ3n) is 7.99. The first kappa shape index (κ1) is 38.4. The summed E-state index contributed by atoms with van der Waals surface area (Å²) in [5, 5.41) is 14.2. The summed E-state index contributed by atoms with van der Waals surface area (Å²) < 4.78 is 9.64. The van der Waals surface area contributed by atoms with Crippen molar-refractivity contribution in [3.63, 3.8) is 0 Å². The average molecular weight is 845 g/mol. The lowest BCUT2D eigenvalue weighted by molar-refractivity contribution is -0.139. The van der Waals surface area contributed by atoms with Crippen molar-refractivity contribution in [2.75, 3.05) is 20.2 Å². The second-order valence-electron chi connectivity index (χ2n) is 11.6. The van der Waals surface area contributed by atoms with Gasteiger partial charge in [-0.2, -0.15) is 0 Å². The van der Waals surface area contributed by atoms with Gasteiger partial charge < -0.3 is 29.6 Å². The van der Waals surface area contributed by atoms with Gasteiger partial charge in [-0.25, -0.2) is 0 Å². The zero-order valence-electron chi connectivity index (χ0n) is 28.2. The Morgan fingerprint density at radius 1 is 0.642 bits per heavy atom. The number of ether oxygens (including phenoxy) is 1. The topological polar surface area (TPSA) is 166 Å². The number of carbonyl (C=O) groups excluding carboxylic acids is 3. The van der Waals surface area contributed by atoms with E-state index in [1.54, 1.807) is 12.1 Å². The van der Waals surface area contributed by atoms with E-state index in [9.17, 15) is 28.8 Å². The molecular weight excluding hydrogens is 812 g/mol. The lowest BCUT2D eigenvalue weighted by Gasteiger charge is -2.14. The van der Waals surface area contributed by atoms with E-state index in [0.29, 0.717) is 29.4 Å². The van der Waals surface area contributed by atoms with Crippen molar-refractivity contribution in [3.8, 4) is 0 Å². The van der Waals surface area contributed by atoms with Crippen molar-refractivity contribution in [2.24, 2.45) is 0 Å². The number of halogens is 2. The van der Waals surface area contributed by atoms with E-state index >= 15 is 0 Å². The maximum absolute atomic E-state index is 12.8. The predicted molar refractivity (Wildman–Crippen MR) is 207 cm³/mol. The van der Waals surface area contributed by atoms with Crippen molar-refractivity contribution in [3.05, 3.63) is 161 Å². The SMILES string of the molecule is COC(=O)CNC(=O)c1cn(Cc2ccccc2)c2ccc(Br)cc2c1=O.O=C(O)CNC(=O)c1cn(Cc2ccccc2)c2ccc(Br)cc2c1=O. The number of fused-ring (bicyclic) bond motifs is 2. The lowest BCUT2D eigenvalue weighted by Crippen LogP contribution is -2.34. The highest BCUT2D eigenvalue weighted by atomic mass is 79.9. The molecule has 0 saturated heterocycles. The molecule has 2 amide bonds. The smallest absolute Gasteiger partial charge is 0.325 e. The first-order chi connectivity index (χ1) is 25.4. The Hall–Kier alpha value is -5.86. The summed E-state index contributed by atoms with van der Waals surface area (Å²) in [4.78, 5) is 72.3. The van der Waals surface area contributed by atoms with Gasteiger partial charge >= 0.3 is 11.9 Å². The number of aliphatic carboxylic acids is 1. The highest BCUT2D eigenvalue weighted by Crippen LogP contribution is 2.21. The van der Waals surface area contributed by atoms with Gasteiger partial charge in [-0.15, -0.1) is 0 Å². The van der Waals surface area contributed by atoms with Crippen LogP contribution >= 0.6 is 31.9 Å². The number of carboxylic acids is 1. The molecule has 12 nitrogen and oxygen atoms in total. The number of nitrogens with zero attached hydrogens (tertiary/aromatic N) is 2. The maximum atomic E-state index is 12.8. The van der Waals surface area contributed by atoms with Crippen LogP contribution in [-0.4, -0.2) is 58.2 Å². The number of methoxy groups -OCH3 is 1. The van der Waals surface area contributed by atoms with Gasteiger partial charge in [-0.1, -0.05) is 92.5 Å². The molecule has 4 aromatic carbocycles. The first-order valence-electron chi connectivity index (χ1n) is 16.0. The molecule has 2 heterocycles. The molecule has 0 spiro atoms. The molecule has 2 aromatic heterocycles. The molecular formula is C39H32Br2N4O8. The monoisotopic (exact) mass is 842 g/mol. The van der Waals surface area contributed by atoms with E-state index in [-0.39, 0.29) is 17.7 Å². The van der Waals surface area contributed by atoms with Gasteiger partial charge in [0.15, 0.2) is 0 Å². The Balaban J connectivity index is 0.000000204. The fourth-order valence-corrected chi connectivity index (χ4v) is 6.18. The summed E-state index contributed by atoms with van der Waals surface area (Å²) in [6.07, 6.45) is 3.00. The molecule has 0 aliphatic carbocycles. The van der Waals surface area contributed by atoms with Crippen LogP contribution < -0.4 is 21.5 Å². The molecule has 270 valence electrons. The zero-order valence-corrected chi connectivity index (χ0v) is 31.3. The van der Waals surface area contributed by atoms with Crippen LogP contribution in [0, 0.1) is 0 Å². The Morgan fingerprint density at radius 2 is 1.06 bits per heavy atom. The molecule has 0 unspecified atom stereocenters. The quantitative estimate of drug-likeness (QED) is 0.156. The van der Waals surface area contributed by atoms with Crippen molar-refractivity contribution >= 4 is 77.4 Å². The van der Waals surface area contributed by atoms with E-state index in [1.165, 1.54) is 19.5 Å². The number of aromatic nitrogens is 2. The standard InChI is InChI=1S/C20H17BrN2O4.C19H15BrN2O4/c1-27-18(24)10-22-20(26)16-12-23(11-13-5-3-2-4-6-13)17-8-7-14(21)9-15(17)19(16)25;20-13-6-7-16-14(8-13)18(25)15(19(26)21-9-17(23)24)11-22(16)10-12-4-2-1-3-5-12/h2-9,12H,10-11H2,1H3,(H,22,26);1-8,11H,9-10H2,(H,21,26)(H,23,24). The number of rotatable bonds is 10. The lowest BCUT2D eigenvalue weighted by atomic mass is 10.1. The van der Waals surface area contributed by atoms with Crippen LogP contribution in [0.15, 0.2) is 128 Å². The average Bonchev–Trinajstić information content (AvgIpc) is 3.16. The second-order valence-corrected chi connectivity index (χ2v) is 13.5. The Labute approximate surface area is 319 Å². The molecule has 0 radical (unpaired) electrons. The zero-order chi connectivity index (χ0) is 38.1. The van der Waals surface area contributed by atoms with Gasteiger partial charge in [-0.3, -0.25) is 28.8 Å². The third kappa shape index (κ3) is 9.73. The molecule has 0 bridgehead atoms. The molecule has 14 heteroatoms. The molecule has 53 heavy (non-hydrogen) atoms. The van der Waals surface area contributed by atoms with Crippen LogP contribution in [0.3, 0.4) is 0 Å². The number of pyridine rings is 2. The molecule has 6 rings (SSSR count). The van der Waals surface area contributed by atoms with Gasteiger partial charge in [0.25, 0.3) is 11.8 Å². The number of hydrogen-bond donors (Lipinski definition) is 3. The van der Waals surface area contributed by atoms with Crippen LogP contribution in [0.4, 0.5) is 0 Å². The van der Waals surface area contributed by atoms with Gasteiger partial charge in [0.2, 0.25) is 10.9 Å². The first-order valence-corrected chi connectivity index (χ1v) is 17.6. The van der Waals surface area contributed by atoms with E-state index in [2.05, 4.69) is 47.2 Å². The molecule has 0 fully saturated rings. The molecule has 0 aliphatic rings. The van der Waals surface area contributed by atoms with Crippen LogP contribution in [0.1, 0.15) is 31.8 Å². The molecule has 6 aromatic rings. The minimum atomic E-state index is -1.17. The number of benzene rings is 4. The fraction of sp³-hybridized carbons (Fsp3) is 0.128. The van der Waals surface area contributed by atoms with Crippen molar-refractivity contribution in [2.45, 2.75) is 13.1 Å². The number of carboxylic acid groups (broad SMARTS) is 1.